The summed E-state index contributed by atoms with van der Waals surface area (Å²) in [7, 11) is 0. The highest BCUT2D eigenvalue weighted by Crippen LogP contribution is 2.40. The first-order valence-electron chi connectivity index (χ1n) is 13.6. The molecule has 1 saturated heterocycles. The van der Waals surface area contributed by atoms with Gasteiger partial charge in [-0.1, -0.05) is 66.7 Å². The summed E-state index contributed by atoms with van der Waals surface area (Å²) in [6, 6.07) is 31.3. The number of amides is 2. The normalized spacial score (nSPS) is 18.3. The molecule has 0 bridgehead atoms. The highest BCUT2D eigenvalue weighted by molar-refractivity contribution is 7.99. The average Bonchev–Trinajstić information content (AvgIpc) is 3.03. The fraction of sp³-hybridized carbons (Fsp3) is 0.212. The van der Waals surface area contributed by atoms with Crippen molar-refractivity contribution in [2.24, 2.45) is 0 Å². The first kappa shape index (κ1) is 29.3. The highest BCUT2D eigenvalue weighted by Gasteiger charge is 2.32. The van der Waals surface area contributed by atoms with Gasteiger partial charge in [0.2, 0.25) is 0 Å². The average molecular weight is 585 g/mol. The molecule has 3 atom stereocenters. The number of anilines is 1. The van der Waals surface area contributed by atoms with Crippen molar-refractivity contribution in [1.29, 1.82) is 0 Å². The summed E-state index contributed by atoms with van der Waals surface area (Å²) < 4.78 is 12.8. The standard InChI is InChI=1S/C33H32N2O6S/c36-20-23-9-11-24(12-10-23)30-18-28(21-42-29-15-13-25(14-16-29)31(37)38)40-32(41-30)26-7-4-8-27(17-26)35-33(39)34-19-22-5-2-1-3-6-22/h1-17,28,30,32,36H,18-21H2,(H,37,38)(H2,34,35,39)/t28-,30+,32+/m0/s1. The number of carbonyl (C=O) groups is 2. The molecule has 0 aliphatic carbocycles. The third-order valence-corrected chi connectivity index (χ3v) is 8.01. The minimum atomic E-state index is -0.956. The van der Waals surface area contributed by atoms with E-state index in [-0.39, 0.29) is 30.4 Å². The van der Waals surface area contributed by atoms with Crippen LogP contribution in [-0.2, 0) is 22.6 Å². The van der Waals surface area contributed by atoms with Crippen LogP contribution in [0.4, 0.5) is 10.5 Å². The lowest BCUT2D eigenvalue weighted by atomic mass is 10.0. The van der Waals surface area contributed by atoms with Gasteiger partial charge < -0.3 is 30.3 Å². The van der Waals surface area contributed by atoms with Crippen molar-refractivity contribution in [3.8, 4) is 0 Å². The van der Waals surface area contributed by atoms with E-state index in [1.807, 2.05) is 78.9 Å². The summed E-state index contributed by atoms with van der Waals surface area (Å²) in [4.78, 5) is 24.7. The zero-order chi connectivity index (χ0) is 29.3. The van der Waals surface area contributed by atoms with Gasteiger partial charge in [0, 0.05) is 34.9 Å². The van der Waals surface area contributed by atoms with Gasteiger partial charge in [-0.05, 0) is 53.1 Å². The van der Waals surface area contributed by atoms with Crippen LogP contribution in [0.5, 0.6) is 0 Å². The number of aliphatic hydroxyl groups is 1. The minimum absolute atomic E-state index is 0.0316. The van der Waals surface area contributed by atoms with Crippen molar-refractivity contribution in [2.45, 2.75) is 43.0 Å². The molecule has 9 heteroatoms. The van der Waals surface area contributed by atoms with E-state index in [2.05, 4.69) is 10.6 Å². The molecule has 0 unspecified atom stereocenters. The van der Waals surface area contributed by atoms with Crippen LogP contribution in [0.25, 0.3) is 0 Å². The van der Waals surface area contributed by atoms with Crippen molar-refractivity contribution < 1.29 is 29.3 Å². The first-order valence-corrected chi connectivity index (χ1v) is 14.6. The Morgan fingerprint density at radius 2 is 1.60 bits per heavy atom. The number of aromatic carboxylic acids is 1. The van der Waals surface area contributed by atoms with E-state index in [4.69, 9.17) is 9.47 Å². The Bertz CT molecular complexity index is 1480. The Kier molecular flexibility index (Phi) is 9.89. The third-order valence-electron chi connectivity index (χ3n) is 6.86. The van der Waals surface area contributed by atoms with Gasteiger partial charge in [-0.25, -0.2) is 9.59 Å². The second-order valence-electron chi connectivity index (χ2n) is 9.91. The van der Waals surface area contributed by atoms with Gasteiger partial charge in [0.25, 0.3) is 0 Å². The molecule has 0 aromatic heterocycles. The third kappa shape index (κ3) is 7.98. The van der Waals surface area contributed by atoms with Gasteiger partial charge in [0.15, 0.2) is 6.29 Å². The second kappa shape index (κ2) is 14.2. The number of carboxylic acid groups (broad SMARTS) is 1. The van der Waals surface area contributed by atoms with Crippen molar-refractivity contribution >= 4 is 29.4 Å². The number of carboxylic acids is 1. The number of rotatable bonds is 10. The van der Waals surface area contributed by atoms with Gasteiger partial charge in [0.1, 0.15) is 0 Å². The van der Waals surface area contributed by atoms with Crippen LogP contribution >= 0.6 is 11.8 Å². The Hall–Kier alpha value is -4.15. The molecule has 0 saturated carbocycles. The Labute approximate surface area is 248 Å². The topological polar surface area (TPSA) is 117 Å². The monoisotopic (exact) mass is 584 g/mol. The molecule has 5 rings (SSSR count). The SMILES string of the molecule is O=C(NCc1ccccc1)Nc1cccc([C@@H]2O[C@H](CSc3ccc(C(=O)O)cc3)C[C@H](c3ccc(CO)cc3)O2)c1. The molecule has 42 heavy (non-hydrogen) atoms. The van der Waals surface area contributed by atoms with E-state index in [0.29, 0.717) is 24.4 Å². The van der Waals surface area contributed by atoms with Crippen LogP contribution in [-0.4, -0.2) is 34.1 Å². The molecule has 1 heterocycles. The first-order chi connectivity index (χ1) is 20.5. The molecular formula is C33H32N2O6S. The predicted molar refractivity (Wildman–Crippen MR) is 161 cm³/mol. The van der Waals surface area contributed by atoms with E-state index in [0.717, 1.165) is 27.1 Å². The fourth-order valence-corrected chi connectivity index (χ4v) is 5.54. The smallest absolute Gasteiger partial charge is 0.335 e. The molecular weight excluding hydrogens is 552 g/mol. The van der Waals surface area contributed by atoms with Crippen molar-refractivity contribution in [1.82, 2.24) is 5.32 Å². The fourth-order valence-electron chi connectivity index (χ4n) is 4.62. The van der Waals surface area contributed by atoms with Gasteiger partial charge in [-0.3, -0.25) is 0 Å². The van der Waals surface area contributed by atoms with Crippen LogP contribution in [0, 0.1) is 0 Å². The summed E-state index contributed by atoms with van der Waals surface area (Å²) in [5, 5.41) is 24.4. The summed E-state index contributed by atoms with van der Waals surface area (Å²) in [5.74, 6) is -0.320. The number of thioether (sulfide) groups is 1. The van der Waals surface area contributed by atoms with Crippen LogP contribution in [0.2, 0.25) is 0 Å². The molecule has 4 aromatic rings. The summed E-state index contributed by atoms with van der Waals surface area (Å²) in [6.45, 7) is 0.381. The largest absolute Gasteiger partial charge is 0.478 e. The number of nitrogens with one attached hydrogen (secondary N) is 2. The molecule has 1 aliphatic heterocycles. The maximum atomic E-state index is 12.6. The van der Waals surface area contributed by atoms with Gasteiger partial charge in [-0.2, -0.15) is 0 Å². The lowest BCUT2D eigenvalue weighted by Gasteiger charge is -2.36. The zero-order valence-electron chi connectivity index (χ0n) is 22.8. The molecule has 4 aromatic carbocycles. The van der Waals surface area contributed by atoms with Crippen LogP contribution < -0.4 is 10.6 Å². The predicted octanol–water partition coefficient (Wildman–Crippen LogP) is 6.54. The summed E-state index contributed by atoms with van der Waals surface area (Å²) >= 11 is 1.59. The van der Waals surface area contributed by atoms with Crippen LogP contribution in [0.15, 0.2) is 108 Å². The van der Waals surface area contributed by atoms with Gasteiger partial charge in [-0.15, -0.1) is 11.8 Å². The van der Waals surface area contributed by atoms with E-state index < -0.39 is 12.3 Å². The lowest BCUT2D eigenvalue weighted by Crippen LogP contribution is -2.31. The molecule has 0 radical (unpaired) electrons. The molecule has 216 valence electrons. The summed E-state index contributed by atoms with van der Waals surface area (Å²) in [5.41, 5.74) is 4.44. The number of aliphatic hydroxyl groups excluding tert-OH is 1. The maximum Gasteiger partial charge on any atom is 0.335 e. The molecule has 2 amide bonds. The number of urea groups is 1. The van der Waals surface area contributed by atoms with Crippen molar-refractivity contribution in [3.63, 3.8) is 0 Å². The highest BCUT2D eigenvalue weighted by atomic mass is 32.2. The summed E-state index contributed by atoms with van der Waals surface area (Å²) in [6.07, 6.45) is -0.464. The van der Waals surface area contributed by atoms with Gasteiger partial charge in [0.05, 0.1) is 24.4 Å². The number of benzene rings is 4. The number of hydrogen-bond donors (Lipinski definition) is 4. The van der Waals surface area contributed by atoms with Crippen LogP contribution in [0.1, 0.15) is 51.4 Å². The van der Waals surface area contributed by atoms with Crippen LogP contribution in [0.3, 0.4) is 0 Å². The van der Waals surface area contributed by atoms with E-state index in [9.17, 15) is 19.8 Å². The maximum absolute atomic E-state index is 12.6. The van der Waals surface area contributed by atoms with E-state index in [1.165, 1.54) is 0 Å². The van der Waals surface area contributed by atoms with Gasteiger partial charge >= 0.3 is 12.0 Å². The Morgan fingerprint density at radius 3 is 2.31 bits per heavy atom. The number of ether oxygens (including phenoxy) is 2. The zero-order valence-corrected chi connectivity index (χ0v) is 23.6. The number of hydrogen-bond acceptors (Lipinski definition) is 6. The molecule has 4 N–H and O–H groups in total. The number of carbonyl (C=O) groups excluding carboxylic acids is 1. The minimum Gasteiger partial charge on any atom is -0.478 e. The Morgan fingerprint density at radius 1 is 0.833 bits per heavy atom. The van der Waals surface area contributed by atoms with E-state index in [1.54, 1.807) is 36.0 Å². The molecule has 1 fully saturated rings. The quantitative estimate of drug-likeness (QED) is 0.157. The lowest BCUT2D eigenvalue weighted by molar-refractivity contribution is -0.245. The van der Waals surface area contributed by atoms with Crippen molar-refractivity contribution in [2.75, 3.05) is 11.1 Å². The Balaban J connectivity index is 1.28. The molecule has 0 spiro atoms. The molecule has 1 aliphatic rings. The second-order valence-corrected chi connectivity index (χ2v) is 11.0. The van der Waals surface area contributed by atoms with Crippen molar-refractivity contribution in [3.05, 3.63) is 131 Å². The van der Waals surface area contributed by atoms with E-state index >= 15 is 0 Å². The molecule has 8 nitrogen and oxygen atoms in total.